The van der Waals surface area contributed by atoms with Gasteiger partial charge in [-0.2, -0.15) is 0 Å². The molecule has 1 amide bonds. The van der Waals surface area contributed by atoms with Gasteiger partial charge in [-0.1, -0.05) is 93.7 Å². The summed E-state index contributed by atoms with van der Waals surface area (Å²) in [4.78, 5) is 22.9. The molecule has 0 aliphatic rings. The van der Waals surface area contributed by atoms with E-state index in [1.807, 2.05) is 6.08 Å². The van der Waals surface area contributed by atoms with E-state index >= 15 is 0 Å². The van der Waals surface area contributed by atoms with Gasteiger partial charge < -0.3 is 10.4 Å². The van der Waals surface area contributed by atoms with Gasteiger partial charge in [-0.15, -0.1) is 0 Å². The molecule has 0 aliphatic carbocycles. The molecular weight excluding hydrogens is 422 g/mol. The standard InChI is InChI=1S/C30H47NO3/c1-4-5-6-7-8-9-10-11-12-13-14-15-16-17-18-19-20-21-22-23-29(32)31-26-28(24-27(2)3)25-30(33)34/h5-6,8-9,11-12,14-15,17-18,20-21,27-28H,4,7,10,13,16,19,22-26H2,1-3H3,(H,31,32)(H,33,34). The molecule has 0 saturated heterocycles. The second kappa shape index (κ2) is 23.5. The van der Waals surface area contributed by atoms with Crippen molar-refractivity contribution in [2.24, 2.45) is 11.8 Å². The first kappa shape index (κ1) is 31.4. The van der Waals surface area contributed by atoms with Crippen molar-refractivity contribution in [2.45, 2.75) is 85.0 Å². The highest BCUT2D eigenvalue weighted by Gasteiger charge is 2.15. The van der Waals surface area contributed by atoms with Crippen LogP contribution in [0, 0.1) is 11.8 Å². The third kappa shape index (κ3) is 24.0. The lowest BCUT2D eigenvalue weighted by Crippen LogP contribution is -2.30. The molecule has 0 aliphatic heterocycles. The van der Waals surface area contributed by atoms with E-state index < -0.39 is 5.97 Å². The van der Waals surface area contributed by atoms with Crippen LogP contribution in [0.5, 0.6) is 0 Å². The zero-order valence-electron chi connectivity index (χ0n) is 21.6. The molecule has 2 N–H and O–H groups in total. The summed E-state index contributed by atoms with van der Waals surface area (Å²) in [6, 6.07) is 0. The van der Waals surface area contributed by atoms with E-state index in [0.717, 1.165) is 44.9 Å². The van der Waals surface area contributed by atoms with Crippen molar-refractivity contribution < 1.29 is 14.7 Å². The minimum Gasteiger partial charge on any atom is -0.481 e. The zero-order valence-corrected chi connectivity index (χ0v) is 21.6. The van der Waals surface area contributed by atoms with E-state index in [2.05, 4.69) is 92.9 Å². The molecule has 1 unspecified atom stereocenters. The number of hydrogen-bond donors (Lipinski definition) is 2. The van der Waals surface area contributed by atoms with Crippen molar-refractivity contribution in [2.75, 3.05) is 6.54 Å². The molecule has 0 aromatic heterocycles. The first-order valence-corrected chi connectivity index (χ1v) is 12.8. The average molecular weight is 470 g/mol. The van der Waals surface area contributed by atoms with Gasteiger partial charge in [0.15, 0.2) is 0 Å². The van der Waals surface area contributed by atoms with Gasteiger partial charge in [0.2, 0.25) is 5.91 Å². The van der Waals surface area contributed by atoms with Crippen molar-refractivity contribution in [1.82, 2.24) is 5.32 Å². The van der Waals surface area contributed by atoms with Gasteiger partial charge in [-0.25, -0.2) is 0 Å². The van der Waals surface area contributed by atoms with E-state index in [1.54, 1.807) is 0 Å². The van der Waals surface area contributed by atoms with Crippen LogP contribution in [-0.2, 0) is 9.59 Å². The molecule has 0 radical (unpaired) electrons. The molecule has 34 heavy (non-hydrogen) atoms. The van der Waals surface area contributed by atoms with Crippen LogP contribution in [0.2, 0.25) is 0 Å². The van der Waals surface area contributed by atoms with Crippen molar-refractivity contribution in [3.63, 3.8) is 0 Å². The lowest BCUT2D eigenvalue weighted by Gasteiger charge is -2.17. The largest absolute Gasteiger partial charge is 0.481 e. The van der Waals surface area contributed by atoms with Gasteiger partial charge in [0.1, 0.15) is 0 Å². The third-order valence-corrected chi connectivity index (χ3v) is 4.99. The van der Waals surface area contributed by atoms with Crippen molar-refractivity contribution >= 4 is 11.9 Å². The van der Waals surface area contributed by atoms with E-state index in [-0.39, 0.29) is 18.2 Å². The Morgan fingerprint density at radius 3 is 1.59 bits per heavy atom. The normalized spacial score (nSPS) is 13.6. The highest BCUT2D eigenvalue weighted by Crippen LogP contribution is 2.14. The Bertz CT molecular complexity index is 696. The van der Waals surface area contributed by atoms with Crippen molar-refractivity contribution in [1.29, 1.82) is 0 Å². The molecule has 0 rings (SSSR count). The number of aliphatic carboxylic acids is 1. The number of carboxylic acids is 1. The van der Waals surface area contributed by atoms with Crippen LogP contribution in [0.15, 0.2) is 72.9 Å². The van der Waals surface area contributed by atoms with Crippen molar-refractivity contribution in [3.8, 4) is 0 Å². The first-order valence-electron chi connectivity index (χ1n) is 12.8. The van der Waals surface area contributed by atoms with Crippen LogP contribution >= 0.6 is 0 Å². The van der Waals surface area contributed by atoms with E-state index in [4.69, 9.17) is 5.11 Å². The van der Waals surface area contributed by atoms with E-state index in [0.29, 0.717) is 25.3 Å². The van der Waals surface area contributed by atoms with Crippen LogP contribution in [0.25, 0.3) is 0 Å². The molecule has 0 fully saturated rings. The molecule has 0 spiro atoms. The topological polar surface area (TPSA) is 66.4 Å². The van der Waals surface area contributed by atoms with Crippen LogP contribution in [-0.4, -0.2) is 23.5 Å². The highest BCUT2D eigenvalue weighted by molar-refractivity contribution is 5.76. The molecule has 0 saturated carbocycles. The molecule has 0 aromatic rings. The quantitative estimate of drug-likeness (QED) is 0.179. The molecular formula is C30H47NO3. The molecule has 0 heterocycles. The summed E-state index contributed by atoms with van der Waals surface area (Å²) in [6.07, 6.45) is 33.9. The Hall–Kier alpha value is -2.62. The van der Waals surface area contributed by atoms with Gasteiger partial charge in [-0.05, 0) is 63.2 Å². The fraction of sp³-hybridized carbons (Fsp3) is 0.533. The number of carboxylic acid groups (broad SMARTS) is 1. The monoisotopic (exact) mass is 469 g/mol. The molecule has 0 bridgehead atoms. The van der Waals surface area contributed by atoms with Gasteiger partial charge in [0.25, 0.3) is 0 Å². The van der Waals surface area contributed by atoms with Crippen LogP contribution in [0.3, 0.4) is 0 Å². The minimum absolute atomic E-state index is 0.00711. The van der Waals surface area contributed by atoms with E-state index in [1.165, 1.54) is 0 Å². The summed E-state index contributed by atoms with van der Waals surface area (Å²) >= 11 is 0. The summed E-state index contributed by atoms with van der Waals surface area (Å²) in [5.41, 5.74) is 0. The maximum absolute atomic E-state index is 12.0. The van der Waals surface area contributed by atoms with Crippen molar-refractivity contribution in [3.05, 3.63) is 72.9 Å². The van der Waals surface area contributed by atoms with Crippen LogP contribution < -0.4 is 5.32 Å². The third-order valence-electron chi connectivity index (χ3n) is 4.99. The first-order chi connectivity index (χ1) is 16.5. The fourth-order valence-electron chi connectivity index (χ4n) is 3.35. The predicted octanol–water partition coefficient (Wildman–Crippen LogP) is 7.72. The van der Waals surface area contributed by atoms with Gasteiger partial charge in [-0.3, -0.25) is 9.59 Å². The maximum atomic E-state index is 12.0. The highest BCUT2D eigenvalue weighted by atomic mass is 16.4. The molecule has 190 valence electrons. The minimum atomic E-state index is -0.808. The fourth-order valence-corrected chi connectivity index (χ4v) is 3.35. The number of carbonyl (C=O) groups is 2. The number of hydrogen-bond acceptors (Lipinski definition) is 2. The molecule has 4 heteroatoms. The Morgan fingerprint density at radius 1 is 0.735 bits per heavy atom. The Balaban J connectivity index is 3.80. The number of rotatable bonds is 20. The second-order valence-corrected chi connectivity index (χ2v) is 8.85. The second-order valence-electron chi connectivity index (χ2n) is 8.85. The lowest BCUT2D eigenvalue weighted by molar-refractivity contribution is -0.138. The molecule has 0 aromatic carbocycles. The molecule has 1 atom stereocenters. The number of allylic oxidation sites excluding steroid dienone is 12. The van der Waals surface area contributed by atoms with Crippen LogP contribution in [0.1, 0.15) is 85.0 Å². The summed E-state index contributed by atoms with van der Waals surface area (Å²) in [7, 11) is 0. The Morgan fingerprint density at radius 2 is 1.18 bits per heavy atom. The smallest absolute Gasteiger partial charge is 0.303 e. The van der Waals surface area contributed by atoms with Gasteiger partial charge in [0, 0.05) is 19.4 Å². The summed E-state index contributed by atoms with van der Waals surface area (Å²) in [5, 5.41) is 11.9. The maximum Gasteiger partial charge on any atom is 0.303 e. The Labute approximate surface area is 208 Å². The summed E-state index contributed by atoms with van der Waals surface area (Å²) in [5.74, 6) is -0.413. The zero-order chi connectivity index (χ0) is 25.3. The average Bonchev–Trinajstić information content (AvgIpc) is 2.78. The predicted molar refractivity (Wildman–Crippen MR) is 146 cm³/mol. The Kier molecular flexibility index (Phi) is 21.7. The number of nitrogens with one attached hydrogen (secondary N) is 1. The number of amides is 1. The van der Waals surface area contributed by atoms with Gasteiger partial charge in [0.05, 0.1) is 0 Å². The lowest BCUT2D eigenvalue weighted by atomic mass is 9.94. The molecule has 4 nitrogen and oxygen atoms in total. The SMILES string of the molecule is CCC=CCC=CCC=CCC=CCC=CCC=CCCC(=O)NCC(CC(=O)O)CC(C)C. The number of carbonyl (C=O) groups excluding carboxylic acids is 1. The summed E-state index contributed by atoms with van der Waals surface area (Å²) < 4.78 is 0. The summed E-state index contributed by atoms with van der Waals surface area (Å²) in [6.45, 7) is 6.72. The van der Waals surface area contributed by atoms with Gasteiger partial charge >= 0.3 is 5.97 Å². The van der Waals surface area contributed by atoms with Crippen LogP contribution in [0.4, 0.5) is 0 Å². The van der Waals surface area contributed by atoms with E-state index in [9.17, 15) is 9.59 Å².